The molecule has 0 aliphatic heterocycles. The molecule has 0 atom stereocenters. The topological polar surface area (TPSA) is 49.7 Å². The molecule has 0 aliphatic carbocycles. The largest absolute Gasteiger partial charge is 0.504 e. The molecule has 0 amide bonds. The predicted octanol–water partition coefficient (Wildman–Crippen LogP) is 3.36. The van der Waals surface area contributed by atoms with E-state index in [1.54, 1.807) is 0 Å². The van der Waals surface area contributed by atoms with Gasteiger partial charge in [-0.1, -0.05) is 42.5 Å². The summed E-state index contributed by atoms with van der Waals surface area (Å²) in [5, 5.41) is 18.9. The number of phenolic OH excluding ortho intramolecular Hbond substituents is 2. The van der Waals surface area contributed by atoms with E-state index >= 15 is 0 Å². The highest BCUT2D eigenvalue weighted by Gasteiger charge is 2.07. The van der Waals surface area contributed by atoms with Gasteiger partial charge in [-0.2, -0.15) is 0 Å². The maximum Gasteiger partial charge on any atom is 0.161 e. The summed E-state index contributed by atoms with van der Waals surface area (Å²) in [6.45, 7) is 0. The van der Waals surface area contributed by atoms with Gasteiger partial charge >= 0.3 is 0 Å². The second-order valence-corrected chi connectivity index (χ2v) is 4.17. The molecule has 2 aromatic carbocycles. The van der Waals surface area contributed by atoms with Gasteiger partial charge in [-0.3, -0.25) is 0 Å². The van der Waals surface area contributed by atoms with Crippen LogP contribution in [0.4, 0.5) is 0 Å². The second kappa shape index (κ2) is 5.96. The molecule has 2 rings (SSSR count). The van der Waals surface area contributed by atoms with Crippen molar-refractivity contribution < 1.29 is 14.9 Å². The summed E-state index contributed by atoms with van der Waals surface area (Å²) in [6.07, 6.45) is 4.61. The molecule has 0 bridgehead atoms. The molecule has 0 radical (unpaired) electrons. The Kier molecular flexibility index (Phi) is 4.08. The van der Waals surface area contributed by atoms with Gasteiger partial charge in [-0.05, 0) is 18.1 Å². The molecule has 19 heavy (non-hydrogen) atoms. The van der Waals surface area contributed by atoms with Crippen molar-refractivity contribution in [3.63, 3.8) is 0 Å². The van der Waals surface area contributed by atoms with Gasteiger partial charge in [-0.25, -0.2) is 0 Å². The molecule has 2 aromatic rings. The monoisotopic (exact) mass is 256 g/mol. The lowest BCUT2D eigenvalue weighted by molar-refractivity contribution is 0.383. The number of ether oxygens (including phenoxy) is 1. The van der Waals surface area contributed by atoms with Gasteiger partial charge in [0.2, 0.25) is 0 Å². The van der Waals surface area contributed by atoms with Crippen LogP contribution in [0, 0.1) is 0 Å². The average Bonchev–Trinajstić information content (AvgIpc) is 2.43. The molecule has 0 fully saturated rings. The summed E-state index contributed by atoms with van der Waals surface area (Å²) in [4.78, 5) is 0. The molecule has 0 aromatic heterocycles. The molecule has 3 nitrogen and oxygen atoms in total. The highest BCUT2D eigenvalue weighted by Crippen LogP contribution is 2.33. The van der Waals surface area contributed by atoms with E-state index in [2.05, 4.69) is 0 Å². The molecule has 0 saturated carbocycles. The van der Waals surface area contributed by atoms with Crippen LogP contribution in [0.15, 0.2) is 48.5 Å². The summed E-state index contributed by atoms with van der Waals surface area (Å²) in [5.74, 6) is 0.254. The third kappa shape index (κ3) is 3.28. The van der Waals surface area contributed by atoms with E-state index in [0.29, 0.717) is 12.2 Å². The van der Waals surface area contributed by atoms with Crippen LogP contribution in [-0.4, -0.2) is 17.3 Å². The summed E-state index contributed by atoms with van der Waals surface area (Å²) in [7, 11) is 1.54. The van der Waals surface area contributed by atoms with Gasteiger partial charge in [0, 0.05) is 11.6 Å². The van der Waals surface area contributed by atoms with Gasteiger partial charge in [0.15, 0.2) is 11.5 Å². The minimum absolute atomic E-state index is 0.135. The minimum Gasteiger partial charge on any atom is -0.504 e. The number of hydrogen-bond donors (Lipinski definition) is 2. The van der Waals surface area contributed by atoms with E-state index in [-0.39, 0.29) is 11.5 Å². The van der Waals surface area contributed by atoms with Crippen LogP contribution in [-0.2, 0) is 6.42 Å². The van der Waals surface area contributed by atoms with Crippen molar-refractivity contribution in [1.82, 2.24) is 0 Å². The van der Waals surface area contributed by atoms with E-state index in [1.165, 1.54) is 19.2 Å². The van der Waals surface area contributed by atoms with Crippen molar-refractivity contribution in [2.45, 2.75) is 6.42 Å². The van der Waals surface area contributed by atoms with Crippen LogP contribution in [0.1, 0.15) is 11.1 Å². The Hall–Kier alpha value is -2.42. The summed E-state index contributed by atoms with van der Waals surface area (Å²) < 4.78 is 5.18. The Labute approximate surface area is 112 Å². The van der Waals surface area contributed by atoms with Crippen molar-refractivity contribution in [2.75, 3.05) is 7.11 Å². The number of allylic oxidation sites excluding steroid dienone is 1. The lowest BCUT2D eigenvalue weighted by Gasteiger charge is -2.08. The molecular weight excluding hydrogens is 240 g/mol. The van der Waals surface area contributed by atoms with Crippen LogP contribution < -0.4 is 4.74 Å². The normalized spacial score (nSPS) is 10.8. The zero-order valence-electron chi connectivity index (χ0n) is 10.7. The van der Waals surface area contributed by atoms with Crippen LogP contribution in [0.2, 0.25) is 0 Å². The molecule has 0 aliphatic rings. The molecule has 3 heteroatoms. The quantitative estimate of drug-likeness (QED) is 0.825. The van der Waals surface area contributed by atoms with Crippen molar-refractivity contribution in [3.8, 4) is 17.2 Å². The standard InChI is InChI=1S/C16H16O3/c1-19-16-11-15(18)14(17)10-13(16)9-5-8-12-6-3-2-4-7-12/h2-8,10-11,17-18H,9H2,1H3. The fourth-order valence-electron chi connectivity index (χ4n) is 1.84. The second-order valence-electron chi connectivity index (χ2n) is 4.17. The molecule has 2 N–H and O–H groups in total. The highest BCUT2D eigenvalue weighted by molar-refractivity contribution is 5.53. The first-order chi connectivity index (χ1) is 9.20. The first kappa shape index (κ1) is 13.0. The third-order valence-electron chi connectivity index (χ3n) is 2.83. The van der Waals surface area contributed by atoms with E-state index in [1.807, 2.05) is 42.5 Å². The Balaban J connectivity index is 2.15. The van der Waals surface area contributed by atoms with E-state index in [9.17, 15) is 10.2 Å². The number of phenols is 2. The lowest BCUT2D eigenvalue weighted by Crippen LogP contribution is -1.90. The number of hydrogen-bond acceptors (Lipinski definition) is 3. The Morgan fingerprint density at radius 1 is 1.05 bits per heavy atom. The minimum atomic E-state index is -0.173. The first-order valence-electron chi connectivity index (χ1n) is 6.01. The maximum absolute atomic E-state index is 9.51. The molecule has 0 spiro atoms. The maximum atomic E-state index is 9.51. The zero-order chi connectivity index (χ0) is 13.7. The zero-order valence-corrected chi connectivity index (χ0v) is 10.7. The number of rotatable bonds is 4. The van der Waals surface area contributed by atoms with Gasteiger partial charge in [-0.15, -0.1) is 0 Å². The highest BCUT2D eigenvalue weighted by atomic mass is 16.5. The Bertz CT molecular complexity index is 574. The predicted molar refractivity (Wildman–Crippen MR) is 75.5 cm³/mol. The van der Waals surface area contributed by atoms with Crippen molar-refractivity contribution >= 4 is 6.08 Å². The smallest absolute Gasteiger partial charge is 0.161 e. The van der Waals surface area contributed by atoms with E-state index in [0.717, 1.165) is 11.1 Å². The number of aromatic hydroxyl groups is 2. The number of benzene rings is 2. The van der Waals surface area contributed by atoms with Crippen LogP contribution in [0.5, 0.6) is 17.2 Å². The van der Waals surface area contributed by atoms with Crippen LogP contribution >= 0.6 is 0 Å². The summed E-state index contributed by atoms with van der Waals surface area (Å²) >= 11 is 0. The van der Waals surface area contributed by atoms with Gasteiger partial charge in [0.05, 0.1) is 7.11 Å². The van der Waals surface area contributed by atoms with Gasteiger partial charge < -0.3 is 14.9 Å². The Morgan fingerprint density at radius 2 is 1.74 bits per heavy atom. The molecule has 0 unspecified atom stereocenters. The van der Waals surface area contributed by atoms with Gasteiger partial charge in [0.1, 0.15) is 5.75 Å². The number of methoxy groups -OCH3 is 1. The van der Waals surface area contributed by atoms with Crippen molar-refractivity contribution in [1.29, 1.82) is 0 Å². The van der Waals surface area contributed by atoms with E-state index < -0.39 is 0 Å². The molecular formula is C16H16O3. The Morgan fingerprint density at radius 3 is 2.42 bits per heavy atom. The lowest BCUT2D eigenvalue weighted by atomic mass is 10.1. The molecule has 98 valence electrons. The van der Waals surface area contributed by atoms with Crippen molar-refractivity contribution in [3.05, 3.63) is 59.7 Å². The third-order valence-corrected chi connectivity index (χ3v) is 2.83. The van der Waals surface area contributed by atoms with Crippen LogP contribution in [0.3, 0.4) is 0 Å². The van der Waals surface area contributed by atoms with Crippen LogP contribution in [0.25, 0.3) is 6.08 Å². The fourth-order valence-corrected chi connectivity index (χ4v) is 1.84. The fraction of sp³-hybridized carbons (Fsp3) is 0.125. The summed E-state index contributed by atoms with van der Waals surface area (Å²) in [6, 6.07) is 12.9. The SMILES string of the molecule is COc1cc(O)c(O)cc1CC=Cc1ccccc1. The first-order valence-corrected chi connectivity index (χ1v) is 6.01. The van der Waals surface area contributed by atoms with E-state index in [4.69, 9.17) is 4.74 Å². The summed E-state index contributed by atoms with van der Waals surface area (Å²) in [5.41, 5.74) is 1.94. The average molecular weight is 256 g/mol. The van der Waals surface area contributed by atoms with Crippen molar-refractivity contribution in [2.24, 2.45) is 0 Å². The van der Waals surface area contributed by atoms with Gasteiger partial charge in [0.25, 0.3) is 0 Å². The molecule has 0 saturated heterocycles. The molecule has 0 heterocycles.